The lowest BCUT2D eigenvalue weighted by Gasteiger charge is -2.21. The molecule has 2 rings (SSSR count). The number of hydrogen-bond acceptors (Lipinski definition) is 4. The summed E-state index contributed by atoms with van der Waals surface area (Å²) >= 11 is 0. The summed E-state index contributed by atoms with van der Waals surface area (Å²) in [6, 6.07) is 8.52. The van der Waals surface area contributed by atoms with Gasteiger partial charge >= 0.3 is 0 Å². The van der Waals surface area contributed by atoms with Crippen LogP contribution in [0, 0.1) is 11.3 Å². The molecule has 19 heavy (non-hydrogen) atoms. The van der Waals surface area contributed by atoms with Crippen molar-refractivity contribution >= 4 is 11.6 Å². The first-order chi connectivity index (χ1) is 9.02. The molecule has 0 bridgehead atoms. The Morgan fingerprint density at radius 3 is 2.74 bits per heavy atom. The molecule has 5 heteroatoms. The van der Waals surface area contributed by atoms with Gasteiger partial charge in [-0.2, -0.15) is 5.26 Å². The van der Waals surface area contributed by atoms with E-state index in [2.05, 4.69) is 10.5 Å². The molecule has 0 saturated carbocycles. The van der Waals surface area contributed by atoms with E-state index in [1.54, 1.807) is 24.3 Å². The summed E-state index contributed by atoms with van der Waals surface area (Å²) in [6.07, 6.45) is 0.709. The van der Waals surface area contributed by atoms with Crippen molar-refractivity contribution in [2.45, 2.75) is 25.9 Å². The number of rotatable bonds is 3. The first-order valence-corrected chi connectivity index (χ1v) is 6.02. The molecule has 1 N–H and O–H groups in total. The van der Waals surface area contributed by atoms with Gasteiger partial charge < -0.3 is 10.2 Å². The van der Waals surface area contributed by atoms with E-state index in [0.717, 1.165) is 5.71 Å². The highest BCUT2D eigenvalue weighted by Gasteiger charge is 2.32. The van der Waals surface area contributed by atoms with Crippen LogP contribution in [0.15, 0.2) is 29.4 Å². The zero-order chi connectivity index (χ0) is 13.9. The summed E-state index contributed by atoms with van der Waals surface area (Å²) in [7, 11) is 0. The van der Waals surface area contributed by atoms with E-state index >= 15 is 0 Å². The zero-order valence-corrected chi connectivity index (χ0v) is 10.9. The Hall–Kier alpha value is -2.35. The standard InChI is InChI=1S/C14H15N3O2/c1-10-7-14(2,19-17-10)9-16-13(18)12-5-3-11(8-15)4-6-12/h3-6H,7,9H2,1-2H3,(H,16,18)/t14-/m0/s1. The molecular formula is C14H15N3O2. The monoisotopic (exact) mass is 257 g/mol. The highest BCUT2D eigenvalue weighted by molar-refractivity contribution is 5.94. The number of nitrogens with zero attached hydrogens (tertiary/aromatic N) is 2. The molecule has 5 nitrogen and oxygen atoms in total. The Bertz CT molecular complexity index is 557. The van der Waals surface area contributed by atoms with Gasteiger partial charge in [-0.05, 0) is 38.1 Å². The average molecular weight is 257 g/mol. The quantitative estimate of drug-likeness (QED) is 0.897. The third-order valence-corrected chi connectivity index (χ3v) is 2.95. The van der Waals surface area contributed by atoms with Crippen molar-refractivity contribution < 1.29 is 9.63 Å². The highest BCUT2D eigenvalue weighted by Crippen LogP contribution is 2.22. The van der Waals surface area contributed by atoms with Crippen LogP contribution in [0.3, 0.4) is 0 Å². The second kappa shape index (κ2) is 5.11. The largest absolute Gasteiger partial charge is 0.387 e. The summed E-state index contributed by atoms with van der Waals surface area (Å²) in [5.41, 5.74) is 1.52. The third-order valence-electron chi connectivity index (χ3n) is 2.95. The molecule has 0 aromatic heterocycles. The van der Waals surface area contributed by atoms with Gasteiger partial charge in [0.2, 0.25) is 0 Å². The van der Waals surface area contributed by atoms with E-state index in [9.17, 15) is 4.79 Å². The minimum atomic E-state index is -0.466. The van der Waals surface area contributed by atoms with E-state index in [4.69, 9.17) is 10.1 Å². The van der Waals surface area contributed by atoms with Crippen LogP contribution in [0.2, 0.25) is 0 Å². The molecule has 1 aliphatic rings. The Labute approximate surface area is 111 Å². The van der Waals surface area contributed by atoms with Crippen LogP contribution < -0.4 is 5.32 Å². The van der Waals surface area contributed by atoms with E-state index in [-0.39, 0.29) is 5.91 Å². The Morgan fingerprint density at radius 1 is 1.53 bits per heavy atom. The lowest BCUT2D eigenvalue weighted by atomic mass is 10.0. The fraction of sp³-hybridized carbons (Fsp3) is 0.357. The van der Waals surface area contributed by atoms with Crippen molar-refractivity contribution in [1.29, 1.82) is 5.26 Å². The number of hydrogen-bond donors (Lipinski definition) is 1. The topological polar surface area (TPSA) is 74.5 Å². The van der Waals surface area contributed by atoms with E-state index < -0.39 is 5.60 Å². The lowest BCUT2D eigenvalue weighted by molar-refractivity contribution is -0.00181. The predicted molar refractivity (Wildman–Crippen MR) is 70.7 cm³/mol. The molecular weight excluding hydrogens is 242 g/mol. The highest BCUT2D eigenvalue weighted by atomic mass is 16.7. The van der Waals surface area contributed by atoms with Gasteiger partial charge in [0.25, 0.3) is 5.91 Å². The van der Waals surface area contributed by atoms with Crippen molar-refractivity contribution in [2.24, 2.45) is 5.16 Å². The number of carbonyl (C=O) groups excluding carboxylic acids is 1. The van der Waals surface area contributed by atoms with Crippen molar-refractivity contribution in [1.82, 2.24) is 5.32 Å². The summed E-state index contributed by atoms with van der Waals surface area (Å²) < 4.78 is 0. The molecule has 0 unspecified atom stereocenters. The van der Waals surface area contributed by atoms with E-state index in [1.807, 2.05) is 19.9 Å². The van der Waals surface area contributed by atoms with Crippen LogP contribution in [-0.4, -0.2) is 23.8 Å². The summed E-state index contributed by atoms with van der Waals surface area (Å²) in [4.78, 5) is 17.2. The molecule has 1 aromatic rings. The Kier molecular flexibility index (Phi) is 3.52. The Morgan fingerprint density at radius 2 is 2.21 bits per heavy atom. The zero-order valence-electron chi connectivity index (χ0n) is 10.9. The van der Waals surface area contributed by atoms with Crippen LogP contribution in [0.1, 0.15) is 36.2 Å². The predicted octanol–water partition coefficient (Wildman–Crippen LogP) is 1.84. The van der Waals surface area contributed by atoms with Crippen molar-refractivity contribution in [3.05, 3.63) is 35.4 Å². The number of amides is 1. The number of nitriles is 1. The second-order valence-corrected chi connectivity index (χ2v) is 4.92. The molecule has 0 saturated heterocycles. The minimum Gasteiger partial charge on any atom is -0.387 e. The van der Waals surface area contributed by atoms with Gasteiger partial charge in [0, 0.05) is 12.0 Å². The number of oxime groups is 1. The maximum Gasteiger partial charge on any atom is 0.251 e. The molecule has 1 aromatic carbocycles. The van der Waals surface area contributed by atoms with Gasteiger partial charge in [-0.25, -0.2) is 0 Å². The minimum absolute atomic E-state index is 0.182. The molecule has 1 amide bonds. The van der Waals surface area contributed by atoms with Crippen LogP contribution in [-0.2, 0) is 4.84 Å². The number of carbonyl (C=O) groups is 1. The summed E-state index contributed by atoms with van der Waals surface area (Å²) in [6.45, 7) is 4.20. The summed E-state index contributed by atoms with van der Waals surface area (Å²) in [5.74, 6) is -0.182. The van der Waals surface area contributed by atoms with Crippen LogP contribution >= 0.6 is 0 Å². The van der Waals surface area contributed by atoms with Gasteiger partial charge in [0.1, 0.15) is 0 Å². The lowest BCUT2D eigenvalue weighted by Crippen LogP contribution is -2.40. The normalized spacial score (nSPS) is 21.2. The first-order valence-electron chi connectivity index (χ1n) is 6.02. The molecule has 0 radical (unpaired) electrons. The fourth-order valence-corrected chi connectivity index (χ4v) is 1.95. The molecule has 0 aliphatic carbocycles. The van der Waals surface area contributed by atoms with Gasteiger partial charge in [0.05, 0.1) is 23.9 Å². The fourth-order valence-electron chi connectivity index (χ4n) is 1.95. The van der Waals surface area contributed by atoms with Gasteiger partial charge in [-0.1, -0.05) is 5.16 Å². The maximum atomic E-state index is 11.9. The maximum absolute atomic E-state index is 11.9. The smallest absolute Gasteiger partial charge is 0.251 e. The van der Waals surface area contributed by atoms with Gasteiger partial charge in [-0.15, -0.1) is 0 Å². The van der Waals surface area contributed by atoms with Crippen LogP contribution in [0.5, 0.6) is 0 Å². The number of nitrogens with one attached hydrogen (secondary N) is 1. The second-order valence-electron chi connectivity index (χ2n) is 4.92. The third kappa shape index (κ3) is 3.10. The Balaban J connectivity index is 1.93. The van der Waals surface area contributed by atoms with Gasteiger partial charge in [0.15, 0.2) is 5.60 Å². The molecule has 0 spiro atoms. The molecule has 98 valence electrons. The van der Waals surface area contributed by atoms with Crippen molar-refractivity contribution in [3.8, 4) is 6.07 Å². The van der Waals surface area contributed by atoms with E-state index in [0.29, 0.717) is 24.1 Å². The van der Waals surface area contributed by atoms with Gasteiger partial charge in [-0.3, -0.25) is 4.79 Å². The number of benzene rings is 1. The average Bonchev–Trinajstić information content (AvgIpc) is 2.76. The van der Waals surface area contributed by atoms with Crippen molar-refractivity contribution in [3.63, 3.8) is 0 Å². The summed E-state index contributed by atoms with van der Waals surface area (Å²) in [5, 5.41) is 15.4. The van der Waals surface area contributed by atoms with Crippen molar-refractivity contribution in [2.75, 3.05) is 6.54 Å². The molecule has 1 heterocycles. The SMILES string of the molecule is CC1=NO[C@](C)(CNC(=O)c2ccc(C#N)cc2)C1. The molecule has 1 aliphatic heterocycles. The van der Waals surface area contributed by atoms with E-state index in [1.165, 1.54) is 0 Å². The van der Waals surface area contributed by atoms with Crippen LogP contribution in [0.4, 0.5) is 0 Å². The molecule has 1 atom stereocenters. The van der Waals surface area contributed by atoms with Crippen LogP contribution in [0.25, 0.3) is 0 Å². The molecule has 0 fully saturated rings. The first kappa shape index (κ1) is 13.1.